The topological polar surface area (TPSA) is 73.8 Å². The summed E-state index contributed by atoms with van der Waals surface area (Å²) in [7, 11) is 0. The number of carbonyl (C=O) groups excluding carboxylic acids is 2. The van der Waals surface area contributed by atoms with E-state index in [0.29, 0.717) is 57.8 Å². The number of halogens is 1. The number of nitrogens with one attached hydrogen (secondary N) is 2. The zero-order chi connectivity index (χ0) is 18.1. The van der Waals surface area contributed by atoms with Gasteiger partial charge in [-0.25, -0.2) is 4.39 Å². The summed E-state index contributed by atoms with van der Waals surface area (Å²) in [6, 6.07) is 6.47. The molecule has 1 aromatic rings. The van der Waals surface area contributed by atoms with Crippen molar-refractivity contribution < 1.29 is 14.0 Å². The number of piperidine rings is 1. The standard InChI is InChI=1S/C18H25FN4O2/c1-2-20-18(21-10-9-14-5-3-6-15(19)13-14)22-11-12-23-16(24)7-4-8-17(23)25/h3,5-6,13H,2,4,7-12H2,1H3,(H2,20,21,22). The quantitative estimate of drug-likeness (QED) is 0.444. The fourth-order valence-corrected chi connectivity index (χ4v) is 2.67. The predicted molar refractivity (Wildman–Crippen MR) is 94.7 cm³/mol. The number of carbonyl (C=O) groups is 2. The van der Waals surface area contributed by atoms with Crippen molar-refractivity contribution in [2.45, 2.75) is 32.6 Å². The highest BCUT2D eigenvalue weighted by molar-refractivity contribution is 5.97. The van der Waals surface area contributed by atoms with Crippen molar-refractivity contribution in [3.8, 4) is 0 Å². The lowest BCUT2D eigenvalue weighted by Crippen LogP contribution is -2.46. The van der Waals surface area contributed by atoms with Gasteiger partial charge in [0, 0.05) is 39.0 Å². The molecule has 0 aromatic heterocycles. The van der Waals surface area contributed by atoms with Gasteiger partial charge in [0.15, 0.2) is 5.96 Å². The monoisotopic (exact) mass is 348 g/mol. The molecule has 0 bridgehead atoms. The predicted octanol–water partition coefficient (Wildman–Crippen LogP) is 1.46. The number of imide groups is 1. The Balaban J connectivity index is 1.81. The molecule has 25 heavy (non-hydrogen) atoms. The lowest BCUT2D eigenvalue weighted by molar-refractivity contribution is -0.147. The Hall–Kier alpha value is -2.44. The van der Waals surface area contributed by atoms with Gasteiger partial charge in [-0.15, -0.1) is 0 Å². The summed E-state index contributed by atoms with van der Waals surface area (Å²) < 4.78 is 13.2. The normalized spacial score (nSPS) is 15.4. The van der Waals surface area contributed by atoms with Gasteiger partial charge in [-0.1, -0.05) is 12.1 Å². The van der Waals surface area contributed by atoms with Crippen LogP contribution in [0.3, 0.4) is 0 Å². The molecule has 0 unspecified atom stereocenters. The Labute approximate surface area is 147 Å². The lowest BCUT2D eigenvalue weighted by atomic mass is 10.1. The first-order chi connectivity index (χ1) is 12.1. The molecule has 1 aliphatic heterocycles. The SMILES string of the molecule is CCNC(=NCCc1cccc(F)c1)NCCN1C(=O)CCCC1=O. The molecule has 2 N–H and O–H groups in total. The van der Waals surface area contributed by atoms with Gasteiger partial charge < -0.3 is 10.6 Å². The van der Waals surface area contributed by atoms with Crippen LogP contribution in [0.25, 0.3) is 0 Å². The molecule has 0 spiro atoms. The number of nitrogens with zero attached hydrogens (tertiary/aromatic N) is 2. The third-order valence-electron chi connectivity index (χ3n) is 3.91. The summed E-state index contributed by atoms with van der Waals surface area (Å²) in [5.74, 6) is 0.162. The number of likely N-dealkylation sites (tertiary alicyclic amines) is 1. The second-order valence-corrected chi connectivity index (χ2v) is 5.86. The van der Waals surface area contributed by atoms with Gasteiger partial charge >= 0.3 is 0 Å². The maximum atomic E-state index is 13.2. The summed E-state index contributed by atoms with van der Waals surface area (Å²) in [6.45, 7) is 3.96. The van der Waals surface area contributed by atoms with Crippen molar-refractivity contribution >= 4 is 17.8 Å². The smallest absolute Gasteiger partial charge is 0.229 e. The highest BCUT2D eigenvalue weighted by atomic mass is 19.1. The Morgan fingerprint density at radius 3 is 2.68 bits per heavy atom. The summed E-state index contributed by atoms with van der Waals surface area (Å²) >= 11 is 0. The van der Waals surface area contributed by atoms with Crippen LogP contribution in [0.4, 0.5) is 4.39 Å². The van der Waals surface area contributed by atoms with E-state index in [0.717, 1.165) is 5.56 Å². The van der Waals surface area contributed by atoms with Crippen LogP contribution in [0.1, 0.15) is 31.7 Å². The fraction of sp³-hybridized carbons (Fsp3) is 0.500. The Kier molecular flexibility index (Phi) is 7.37. The zero-order valence-electron chi connectivity index (χ0n) is 14.6. The molecule has 0 radical (unpaired) electrons. The van der Waals surface area contributed by atoms with Crippen molar-refractivity contribution in [1.29, 1.82) is 0 Å². The number of hydrogen-bond acceptors (Lipinski definition) is 3. The minimum atomic E-state index is -0.248. The van der Waals surface area contributed by atoms with E-state index in [1.807, 2.05) is 13.0 Å². The van der Waals surface area contributed by atoms with E-state index in [-0.39, 0.29) is 17.6 Å². The lowest BCUT2D eigenvalue weighted by Gasteiger charge is -2.25. The van der Waals surface area contributed by atoms with Crippen LogP contribution in [0, 0.1) is 5.82 Å². The highest BCUT2D eigenvalue weighted by Gasteiger charge is 2.25. The van der Waals surface area contributed by atoms with Crippen molar-refractivity contribution in [2.75, 3.05) is 26.2 Å². The second-order valence-electron chi connectivity index (χ2n) is 5.86. The molecule has 1 aliphatic rings. The van der Waals surface area contributed by atoms with Crippen LogP contribution < -0.4 is 10.6 Å². The van der Waals surface area contributed by atoms with Gasteiger partial charge in [0.1, 0.15) is 5.82 Å². The first-order valence-corrected chi connectivity index (χ1v) is 8.70. The van der Waals surface area contributed by atoms with Gasteiger partial charge in [-0.05, 0) is 37.5 Å². The third-order valence-corrected chi connectivity index (χ3v) is 3.91. The van der Waals surface area contributed by atoms with E-state index < -0.39 is 0 Å². The number of guanidine groups is 1. The molecule has 136 valence electrons. The molecule has 1 heterocycles. The van der Waals surface area contributed by atoms with Crippen LogP contribution in [-0.4, -0.2) is 48.9 Å². The van der Waals surface area contributed by atoms with Crippen LogP contribution in [0.15, 0.2) is 29.3 Å². The average molecular weight is 348 g/mol. The van der Waals surface area contributed by atoms with E-state index in [1.165, 1.54) is 17.0 Å². The van der Waals surface area contributed by atoms with E-state index >= 15 is 0 Å². The Morgan fingerprint density at radius 2 is 2.00 bits per heavy atom. The van der Waals surface area contributed by atoms with E-state index in [1.54, 1.807) is 6.07 Å². The number of amides is 2. The number of benzene rings is 1. The summed E-state index contributed by atoms with van der Waals surface area (Å²) in [5.41, 5.74) is 0.893. The van der Waals surface area contributed by atoms with Crippen molar-refractivity contribution in [3.05, 3.63) is 35.6 Å². The van der Waals surface area contributed by atoms with E-state index in [2.05, 4.69) is 15.6 Å². The van der Waals surface area contributed by atoms with Crippen LogP contribution in [-0.2, 0) is 16.0 Å². The maximum Gasteiger partial charge on any atom is 0.229 e. The second kappa shape index (κ2) is 9.76. The number of aliphatic imine (C=N–C) groups is 1. The summed E-state index contributed by atoms with van der Waals surface area (Å²) in [4.78, 5) is 29.3. The minimum Gasteiger partial charge on any atom is -0.357 e. The Bertz CT molecular complexity index is 617. The largest absolute Gasteiger partial charge is 0.357 e. The first-order valence-electron chi connectivity index (χ1n) is 8.70. The maximum absolute atomic E-state index is 13.2. The van der Waals surface area contributed by atoms with E-state index in [9.17, 15) is 14.0 Å². The number of hydrogen-bond donors (Lipinski definition) is 2. The first kappa shape index (κ1) is 18.9. The van der Waals surface area contributed by atoms with E-state index in [4.69, 9.17) is 0 Å². The van der Waals surface area contributed by atoms with Crippen LogP contribution in [0.5, 0.6) is 0 Å². The Morgan fingerprint density at radius 1 is 1.24 bits per heavy atom. The van der Waals surface area contributed by atoms with Gasteiger partial charge in [0.05, 0.1) is 0 Å². The molecule has 1 fully saturated rings. The van der Waals surface area contributed by atoms with Gasteiger partial charge in [0.25, 0.3) is 0 Å². The van der Waals surface area contributed by atoms with Gasteiger partial charge in [0.2, 0.25) is 11.8 Å². The molecule has 0 aliphatic carbocycles. The molecule has 7 heteroatoms. The van der Waals surface area contributed by atoms with Gasteiger partial charge in [-0.2, -0.15) is 0 Å². The molecule has 2 rings (SSSR count). The minimum absolute atomic E-state index is 0.105. The molecule has 1 aromatic carbocycles. The highest BCUT2D eigenvalue weighted by Crippen LogP contribution is 2.11. The van der Waals surface area contributed by atoms with Crippen molar-refractivity contribution in [2.24, 2.45) is 4.99 Å². The molecular weight excluding hydrogens is 323 g/mol. The van der Waals surface area contributed by atoms with Crippen LogP contribution in [0.2, 0.25) is 0 Å². The van der Waals surface area contributed by atoms with Crippen molar-refractivity contribution in [3.63, 3.8) is 0 Å². The molecule has 1 saturated heterocycles. The van der Waals surface area contributed by atoms with Gasteiger partial charge in [-0.3, -0.25) is 19.5 Å². The number of rotatable bonds is 7. The fourth-order valence-electron chi connectivity index (χ4n) is 2.67. The summed E-state index contributed by atoms with van der Waals surface area (Å²) in [5, 5.41) is 6.24. The molecule has 0 saturated carbocycles. The molecule has 0 atom stereocenters. The summed E-state index contributed by atoms with van der Waals surface area (Å²) in [6.07, 6.45) is 2.16. The third kappa shape index (κ3) is 6.17. The van der Waals surface area contributed by atoms with Crippen molar-refractivity contribution in [1.82, 2.24) is 15.5 Å². The molecule has 6 nitrogen and oxygen atoms in total. The van der Waals surface area contributed by atoms with Crippen LogP contribution >= 0.6 is 0 Å². The molecular formula is C18H25FN4O2. The molecule has 2 amide bonds. The zero-order valence-corrected chi connectivity index (χ0v) is 14.6. The average Bonchev–Trinajstić information content (AvgIpc) is 2.57.